The van der Waals surface area contributed by atoms with Gasteiger partial charge in [0.1, 0.15) is 11.6 Å². The Labute approximate surface area is 114 Å². The molecule has 0 saturated heterocycles. The van der Waals surface area contributed by atoms with Gasteiger partial charge in [-0.2, -0.15) is 13.2 Å². The molecule has 0 aliphatic carbocycles. The molecule has 0 fully saturated rings. The summed E-state index contributed by atoms with van der Waals surface area (Å²) in [5, 5.41) is 0. The van der Waals surface area contributed by atoms with Crippen molar-refractivity contribution in [3.05, 3.63) is 41.7 Å². The van der Waals surface area contributed by atoms with E-state index in [1.807, 2.05) is 13.8 Å². The Morgan fingerprint density at radius 3 is 2.15 bits per heavy atom. The zero-order valence-electron chi connectivity index (χ0n) is 11.1. The first-order valence-electron chi connectivity index (χ1n) is 6.09. The second-order valence-electron chi connectivity index (χ2n) is 4.77. The molecule has 0 radical (unpaired) electrons. The highest BCUT2D eigenvalue weighted by atomic mass is 19.4. The summed E-state index contributed by atoms with van der Waals surface area (Å²) in [7, 11) is 0. The normalized spacial score (nSPS) is 11.9. The highest BCUT2D eigenvalue weighted by Gasteiger charge is 2.30. The third kappa shape index (κ3) is 3.07. The number of hydrogen-bond donors (Lipinski definition) is 1. The van der Waals surface area contributed by atoms with Gasteiger partial charge in [0.05, 0.1) is 11.3 Å². The molecule has 3 nitrogen and oxygen atoms in total. The summed E-state index contributed by atoms with van der Waals surface area (Å²) in [6.45, 7) is 3.84. The minimum atomic E-state index is -4.34. The number of nitrogens with two attached hydrogens (primary N) is 1. The molecule has 20 heavy (non-hydrogen) atoms. The molecule has 0 saturated carbocycles. The van der Waals surface area contributed by atoms with Gasteiger partial charge in [0, 0.05) is 17.5 Å². The fourth-order valence-electron chi connectivity index (χ4n) is 1.72. The number of halogens is 3. The van der Waals surface area contributed by atoms with Crippen molar-refractivity contribution in [3.8, 4) is 11.3 Å². The number of anilines is 1. The molecule has 0 amide bonds. The Morgan fingerprint density at radius 2 is 1.65 bits per heavy atom. The summed E-state index contributed by atoms with van der Waals surface area (Å²) in [4.78, 5) is 8.43. The lowest BCUT2D eigenvalue weighted by Crippen LogP contribution is -2.05. The first-order valence-corrected chi connectivity index (χ1v) is 6.09. The lowest BCUT2D eigenvalue weighted by atomic mass is 10.1. The van der Waals surface area contributed by atoms with E-state index in [2.05, 4.69) is 9.97 Å². The van der Waals surface area contributed by atoms with Crippen LogP contribution in [0.3, 0.4) is 0 Å². The molecule has 0 bridgehead atoms. The summed E-state index contributed by atoms with van der Waals surface area (Å²) < 4.78 is 37.5. The molecule has 1 aromatic heterocycles. The lowest BCUT2D eigenvalue weighted by Gasteiger charge is -2.10. The number of benzene rings is 1. The number of aromatic nitrogens is 2. The number of hydrogen-bond acceptors (Lipinski definition) is 3. The number of rotatable bonds is 2. The quantitative estimate of drug-likeness (QED) is 0.909. The van der Waals surface area contributed by atoms with Crippen LogP contribution in [0.25, 0.3) is 11.3 Å². The van der Waals surface area contributed by atoms with Gasteiger partial charge in [0.25, 0.3) is 0 Å². The van der Waals surface area contributed by atoms with Crippen LogP contribution in [0, 0.1) is 0 Å². The molecular weight excluding hydrogens is 267 g/mol. The maximum absolute atomic E-state index is 12.5. The van der Waals surface area contributed by atoms with Crippen LogP contribution in [0.15, 0.2) is 30.3 Å². The molecule has 1 aromatic carbocycles. The maximum atomic E-state index is 12.5. The maximum Gasteiger partial charge on any atom is 0.416 e. The fraction of sp³-hybridized carbons (Fsp3) is 0.286. The van der Waals surface area contributed by atoms with Crippen LogP contribution in [-0.4, -0.2) is 9.97 Å². The second kappa shape index (κ2) is 5.11. The summed E-state index contributed by atoms with van der Waals surface area (Å²) >= 11 is 0. The van der Waals surface area contributed by atoms with E-state index in [4.69, 9.17) is 5.73 Å². The minimum absolute atomic E-state index is 0.0895. The van der Waals surface area contributed by atoms with Gasteiger partial charge in [0.15, 0.2) is 0 Å². The zero-order valence-corrected chi connectivity index (χ0v) is 11.1. The van der Waals surface area contributed by atoms with Crippen molar-refractivity contribution in [1.82, 2.24) is 9.97 Å². The Balaban J connectivity index is 2.41. The summed E-state index contributed by atoms with van der Waals surface area (Å²) in [5.74, 6) is 0.963. The molecule has 0 atom stereocenters. The molecule has 0 aliphatic rings. The average molecular weight is 281 g/mol. The smallest absolute Gasteiger partial charge is 0.384 e. The Bertz CT molecular complexity index is 604. The predicted molar refractivity (Wildman–Crippen MR) is 71.0 cm³/mol. The Kier molecular flexibility index (Phi) is 3.65. The van der Waals surface area contributed by atoms with Crippen molar-refractivity contribution < 1.29 is 13.2 Å². The van der Waals surface area contributed by atoms with Gasteiger partial charge in [-0.05, 0) is 12.1 Å². The largest absolute Gasteiger partial charge is 0.416 e. The highest BCUT2D eigenvalue weighted by molar-refractivity contribution is 5.62. The standard InChI is InChI=1S/C14H14F3N3/c1-8(2)13-19-11(7-12(18)20-13)9-3-5-10(6-4-9)14(15,16)17/h3-8H,1-2H3,(H2,18,19,20). The van der Waals surface area contributed by atoms with Crippen LogP contribution in [0.5, 0.6) is 0 Å². The molecule has 0 spiro atoms. The van der Waals surface area contributed by atoms with Crippen molar-refractivity contribution in [2.24, 2.45) is 0 Å². The zero-order chi connectivity index (χ0) is 14.9. The van der Waals surface area contributed by atoms with Gasteiger partial charge in [0.2, 0.25) is 0 Å². The van der Waals surface area contributed by atoms with Gasteiger partial charge in [-0.1, -0.05) is 26.0 Å². The van der Waals surface area contributed by atoms with E-state index in [-0.39, 0.29) is 5.92 Å². The Hall–Kier alpha value is -2.11. The van der Waals surface area contributed by atoms with Crippen LogP contribution in [0.1, 0.15) is 31.2 Å². The second-order valence-corrected chi connectivity index (χ2v) is 4.77. The van der Waals surface area contributed by atoms with E-state index in [1.54, 1.807) is 6.07 Å². The van der Waals surface area contributed by atoms with Crippen molar-refractivity contribution in [2.75, 3.05) is 5.73 Å². The summed E-state index contributed by atoms with van der Waals surface area (Å²) in [5.41, 5.74) is 6.12. The van der Waals surface area contributed by atoms with Crippen LogP contribution in [0.2, 0.25) is 0 Å². The van der Waals surface area contributed by atoms with Crippen LogP contribution >= 0.6 is 0 Å². The van der Waals surface area contributed by atoms with E-state index in [1.165, 1.54) is 12.1 Å². The van der Waals surface area contributed by atoms with Crippen LogP contribution in [0.4, 0.5) is 19.0 Å². The van der Waals surface area contributed by atoms with Gasteiger partial charge in [-0.3, -0.25) is 0 Å². The number of alkyl halides is 3. The van der Waals surface area contributed by atoms with Crippen LogP contribution in [-0.2, 0) is 6.18 Å². The van der Waals surface area contributed by atoms with Gasteiger partial charge in [-0.25, -0.2) is 9.97 Å². The fourth-order valence-corrected chi connectivity index (χ4v) is 1.72. The minimum Gasteiger partial charge on any atom is -0.384 e. The highest BCUT2D eigenvalue weighted by Crippen LogP contribution is 2.31. The van der Waals surface area contributed by atoms with E-state index in [0.29, 0.717) is 22.9 Å². The van der Waals surface area contributed by atoms with E-state index < -0.39 is 11.7 Å². The number of nitrogens with zero attached hydrogens (tertiary/aromatic N) is 2. The lowest BCUT2D eigenvalue weighted by molar-refractivity contribution is -0.137. The van der Waals surface area contributed by atoms with E-state index >= 15 is 0 Å². The van der Waals surface area contributed by atoms with E-state index in [9.17, 15) is 13.2 Å². The first-order chi connectivity index (χ1) is 9.27. The molecule has 6 heteroatoms. The molecule has 106 valence electrons. The monoisotopic (exact) mass is 281 g/mol. The van der Waals surface area contributed by atoms with Gasteiger partial charge >= 0.3 is 6.18 Å². The first kappa shape index (κ1) is 14.3. The molecule has 1 heterocycles. The summed E-state index contributed by atoms with van der Waals surface area (Å²) in [6.07, 6.45) is -4.34. The van der Waals surface area contributed by atoms with Crippen molar-refractivity contribution in [2.45, 2.75) is 25.9 Å². The average Bonchev–Trinajstić information content (AvgIpc) is 2.37. The van der Waals surface area contributed by atoms with E-state index in [0.717, 1.165) is 12.1 Å². The van der Waals surface area contributed by atoms with Crippen molar-refractivity contribution in [1.29, 1.82) is 0 Å². The third-order valence-electron chi connectivity index (χ3n) is 2.79. The van der Waals surface area contributed by atoms with Crippen molar-refractivity contribution in [3.63, 3.8) is 0 Å². The molecule has 2 rings (SSSR count). The van der Waals surface area contributed by atoms with Crippen LogP contribution < -0.4 is 5.73 Å². The predicted octanol–water partition coefficient (Wildman–Crippen LogP) is 3.87. The third-order valence-corrected chi connectivity index (χ3v) is 2.79. The molecule has 2 N–H and O–H groups in total. The molecular formula is C14H14F3N3. The van der Waals surface area contributed by atoms with Crippen molar-refractivity contribution >= 4 is 5.82 Å². The Morgan fingerprint density at radius 1 is 1.05 bits per heavy atom. The molecule has 2 aromatic rings. The molecule has 0 aliphatic heterocycles. The molecule has 0 unspecified atom stereocenters. The number of nitrogen functional groups attached to an aromatic ring is 1. The summed E-state index contributed by atoms with van der Waals surface area (Å²) in [6, 6.07) is 6.38. The SMILES string of the molecule is CC(C)c1nc(N)cc(-c2ccc(C(F)(F)F)cc2)n1. The van der Waals surface area contributed by atoms with Gasteiger partial charge < -0.3 is 5.73 Å². The topological polar surface area (TPSA) is 51.8 Å². The van der Waals surface area contributed by atoms with Gasteiger partial charge in [-0.15, -0.1) is 0 Å².